The molecule has 1 aromatic heterocycles. The molecule has 0 aliphatic carbocycles. The quantitative estimate of drug-likeness (QED) is 0.742. The van der Waals surface area contributed by atoms with Gasteiger partial charge >= 0.3 is 0 Å². The van der Waals surface area contributed by atoms with Crippen molar-refractivity contribution < 1.29 is 9.84 Å². The second kappa shape index (κ2) is 4.07. The zero-order chi connectivity index (χ0) is 8.97. The molecule has 0 saturated carbocycles. The summed E-state index contributed by atoms with van der Waals surface area (Å²) in [7, 11) is 0. The third kappa shape index (κ3) is 2.20. The van der Waals surface area contributed by atoms with Gasteiger partial charge in [0.2, 0.25) is 5.88 Å². The van der Waals surface area contributed by atoms with Gasteiger partial charge in [0.05, 0.1) is 12.7 Å². The number of ether oxygens (including phenoxy) is 1. The van der Waals surface area contributed by atoms with Crippen molar-refractivity contribution in [1.82, 2.24) is 4.98 Å². The fourth-order valence-corrected chi connectivity index (χ4v) is 0.872. The standard InChI is InChI=1S/C9H13NO2/c1-3-12-9-5-4-8(6-10-9)7(2)11/h4-7,11H,3H2,1-2H3. The first-order chi connectivity index (χ1) is 5.74. The van der Waals surface area contributed by atoms with E-state index in [2.05, 4.69) is 4.98 Å². The maximum Gasteiger partial charge on any atom is 0.213 e. The first-order valence-corrected chi connectivity index (χ1v) is 4.01. The minimum Gasteiger partial charge on any atom is -0.478 e. The second-order valence-corrected chi connectivity index (χ2v) is 2.54. The van der Waals surface area contributed by atoms with Gasteiger partial charge in [-0.15, -0.1) is 0 Å². The maximum atomic E-state index is 9.16. The topological polar surface area (TPSA) is 42.4 Å². The third-order valence-electron chi connectivity index (χ3n) is 1.53. The molecule has 12 heavy (non-hydrogen) atoms. The lowest BCUT2D eigenvalue weighted by Gasteiger charge is -2.05. The highest BCUT2D eigenvalue weighted by molar-refractivity contribution is 5.19. The van der Waals surface area contributed by atoms with Crippen LogP contribution in [-0.2, 0) is 0 Å². The van der Waals surface area contributed by atoms with Crippen LogP contribution < -0.4 is 4.74 Å². The molecule has 1 N–H and O–H groups in total. The highest BCUT2D eigenvalue weighted by atomic mass is 16.5. The van der Waals surface area contributed by atoms with Gasteiger partial charge in [-0.3, -0.25) is 0 Å². The van der Waals surface area contributed by atoms with E-state index in [0.29, 0.717) is 12.5 Å². The fraction of sp³-hybridized carbons (Fsp3) is 0.444. The number of pyridine rings is 1. The van der Waals surface area contributed by atoms with Crippen LogP contribution in [0.5, 0.6) is 5.88 Å². The lowest BCUT2D eigenvalue weighted by Crippen LogP contribution is -1.96. The average Bonchev–Trinajstić information content (AvgIpc) is 2.06. The van der Waals surface area contributed by atoms with E-state index in [0.717, 1.165) is 5.56 Å². The number of aliphatic hydroxyl groups excluding tert-OH is 1. The molecule has 3 heteroatoms. The van der Waals surface area contributed by atoms with Gasteiger partial charge in [0.15, 0.2) is 0 Å². The van der Waals surface area contributed by atoms with E-state index in [4.69, 9.17) is 9.84 Å². The number of aromatic nitrogens is 1. The molecule has 1 heterocycles. The Morgan fingerprint density at radius 2 is 2.33 bits per heavy atom. The van der Waals surface area contributed by atoms with Crippen molar-refractivity contribution in [1.29, 1.82) is 0 Å². The SMILES string of the molecule is CCOc1ccc(C(C)O)cn1. The van der Waals surface area contributed by atoms with Crippen LogP contribution in [-0.4, -0.2) is 16.7 Å². The van der Waals surface area contributed by atoms with Gasteiger partial charge in [-0.1, -0.05) is 0 Å². The Kier molecular flexibility index (Phi) is 3.05. The molecule has 0 bridgehead atoms. The van der Waals surface area contributed by atoms with Crippen molar-refractivity contribution in [3.05, 3.63) is 23.9 Å². The van der Waals surface area contributed by atoms with Gasteiger partial charge in [-0.05, 0) is 25.5 Å². The van der Waals surface area contributed by atoms with E-state index in [1.165, 1.54) is 0 Å². The van der Waals surface area contributed by atoms with Crippen molar-refractivity contribution in [3.63, 3.8) is 0 Å². The van der Waals surface area contributed by atoms with Crippen molar-refractivity contribution >= 4 is 0 Å². The molecule has 66 valence electrons. The number of nitrogens with zero attached hydrogens (tertiary/aromatic N) is 1. The number of rotatable bonds is 3. The summed E-state index contributed by atoms with van der Waals surface area (Å²) in [5, 5.41) is 9.16. The minimum absolute atomic E-state index is 0.465. The summed E-state index contributed by atoms with van der Waals surface area (Å²) in [6.07, 6.45) is 1.16. The zero-order valence-corrected chi connectivity index (χ0v) is 7.32. The van der Waals surface area contributed by atoms with E-state index in [1.54, 1.807) is 19.2 Å². The Morgan fingerprint density at radius 1 is 1.58 bits per heavy atom. The number of aliphatic hydroxyl groups is 1. The molecule has 1 unspecified atom stereocenters. The predicted molar refractivity (Wildman–Crippen MR) is 46.0 cm³/mol. The first-order valence-electron chi connectivity index (χ1n) is 4.01. The van der Waals surface area contributed by atoms with Gasteiger partial charge in [0.25, 0.3) is 0 Å². The molecule has 0 amide bonds. The molecule has 1 aromatic rings. The molecule has 1 atom stereocenters. The molecule has 0 radical (unpaired) electrons. The Balaban J connectivity index is 2.71. The summed E-state index contributed by atoms with van der Waals surface area (Å²) in [6, 6.07) is 3.56. The molecule has 0 spiro atoms. The van der Waals surface area contributed by atoms with Crippen LogP contribution in [0.1, 0.15) is 25.5 Å². The summed E-state index contributed by atoms with van der Waals surface area (Å²) in [5.74, 6) is 0.599. The molecular weight excluding hydrogens is 154 g/mol. The molecule has 0 saturated heterocycles. The van der Waals surface area contributed by atoms with Crippen LogP contribution in [0.25, 0.3) is 0 Å². The molecule has 0 aliphatic rings. The van der Waals surface area contributed by atoms with E-state index in [-0.39, 0.29) is 0 Å². The van der Waals surface area contributed by atoms with E-state index >= 15 is 0 Å². The summed E-state index contributed by atoms with van der Waals surface area (Å²) < 4.78 is 5.15. The first kappa shape index (κ1) is 9.00. The van der Waals surface area contributed by atoms with Crippen molar-refractivity contribution in [3.8, 4) is 5.88 Å². The molecule has 0 fully saturated rings. The molecule has 0 aliphatic heterocycles. The molecular formula is C9H13NO2. The highest BCUT2D eigenvalue weighted by Crippen LogP contribution is 2.13. The normalized spacial score (nSPS) is 12.6. The summed E-state index contributed by atoms with van der Waals surface area (Å²) in [6.45, 7) is 4.22. The Hall–Kier alpha value is -1.09. The van der Waals surface area contributed by atoms with Gasteiger partial charge < -0.3 is 9.84 Å². The molecule has 0 aromatic carbocycles. The largest absolute Gasteiger partial charge is 0.478 e. The van der Waals surface area contributed by atoms with E-state index in [1.807, 2.05) is 13.0 Å². The lowest BCUT2D eigenvalue weighted by molar-refractivity contribution is 0.198. The summed E-state index contributed by atoms with van der Waals surface area (Å²) >= 11 is 0. The van der Waals surface area contributed by atoms with Crippen LogP contribution in [0.4, 0.5) is 0 Å². The zero-order valence-electron chi connectivity index (χ0n) is 7.32. The minimum atomic E-state index is -0.465. The smallest absolute Gasteiger partial charge is 0.213 e. The van der Waals surface area contributed by atoms with Gasteiger partial charge in [-0.25, -0.2) is 4.98 Å². The van der Waals surface area contributed by atoms with Crippen LogP contribution in [0, 0.1) is 0 Å². The van der Waals surface area contributed by atoms with Crippen molar-refractivity contribution in [2.24, 2.45) is 0 Å². The second-order valence-electron chi connectivity index (χ2n) is 2.54. The van der Waals surface area contributed by atoms with Gasteiger partial charge in [-0.2, -0.15) is 0 Å². The third-order valence-corrected chi connectivity index (χ3v) is 1.53. The number of hydrogen-bond donors (Lipinski definition) is 1. The van der Waals surface area contributed by atoms with Gasteiger partial charge in [0.1, 0.15) is 0 Å². The van der Waals surface area contributed by atoms with Crippen LogP contribution in [0.3, 0.4) is 0 Å². The lowest BCUT2D eigenvalue weighted by atomic mass is 10.2. The molecule has 3 nitrogen and oxygen atoms in total. The Bertz CT molecular complexity index is 231. The monoisotopic (exact) mass is 167 g/mol. The van der Waals surface area contributed by atoms with Crippen molar-refractivity contribution in [2.45, 2.75) is 20.0 Å². The number of hydrogen-bond acceptors (Lipinski definition) is 3. The predicted octanol–water partition coefficient (Wildman–Crippen LogP) is 1.53. The van der Waals surface area contributed by atoms with Crippen molar-refractivity contribution in [2.75, 3.05) is 6.61 Å². The van der Waals surface area contributed by atoms with Crippen LogP contribution >= 0.6 is 0 Å². The Morgan fingerprint density at radius 3 is 2.75 bits per heavy atom. The maximum absolute atomic E-state index is 9.16. The van der Waals surface area contributed by atoms with E-state index in [9.17, 15) is 0 Å². The molecule has 1 rings (SSSR count). The average molecular weight is 167 g/mol. The van der Waals surface area contributed by atoms with E-state index < -0.39 is 6.10 Å². The fourth-order valence-electron chi connectivity index (χ4n) is 0.872. The van der Waals surface area contributed by atoms with Crippen LogP contribution in [0.2, 0.25) is 0 Å². The summed E-state index contributed by atoms with van der Waals surface area (Å²) in [4.78, 5) is 4.01. The van der Waals surface area contributed by atoms with Crippen LogP contribution in [0.15, 0.2) is 18.3 Å². The summed E-state index contributed by atoms with van der Waals surface area (Å²) in [5.41, 5.74) is 0.804. The Labute approximate surface area is 72.0 Å². The highest BCUT2D eigenvalue weighted by Gasteiger charge is 2.00. The van der Waals surface area contributed by atoms with Gasteiger partial charge in [0, 0.05) is 12.3 Å².